The molecule has 82 valence electrons. The first kappa shape index (κ1) is 16.1. The minimum absolute atomic E-state index is 0. The van der Waals surface area contributed by atoms with E-state index in [0.29, 0.717) is 6.07 Å². The summed E-state index contributed by atoms with van der Waals surface area (Å²) in [7, 11) is 1.09. The maximum absolute atomic E-state index is 12.5. The average Bonchev–Trinajstić information content (AvgIpc) is 2.15. The summed E-state index contributed by atoms with van der Waals surface area (Å²) >= 11 is 0. The Balaban J connectivity index is 0.00000225. The topological polar surface area (TPSA) is 39.2 Å². The smallest absolute Gasteiger partial charge is 0.464 e. The molecule has 1 rings (SSSR count). The molecule has 0 atom stereocenters. The molecule has 0 aliphatic carbocycles. The molecule has 0 saturated carbocycles. The third kappa shape index (κ3) is 3.85. The molecule has 0 amide bonds. The van der Waals surface area contributed by atoms with E-state index >= 15 is 0 Å². The summed E-state index contributed by atoms with van der Waals surface area (Å²) in [6.45, 7) is -3.84. The molecular weight excluding hydrogens is 249 g/mol. The summed E-state index contributed by atoms with van der Waals surface area (Å²) in [6, 6.07) is 0.709. The Morgan fingerprint density at radius 2 is 2.00 bits per heavy atom. The van der Waals surface area contributed by atoms with Gasteiger partial charge in [0.1, 0.15) is 5.69 Å². The van der Waals surface area contributed by atoms with Gasteiger partial charge in [-0.1, -0.05) is 11.6 Å². The van der Waals surface area contributed by atoms with Gasteiger partial charge in [-0.3, -0.25) is 0 Å². The van der Waals surface area contributed by atoms with E-state index in [1.807, 2.05) is 0 Å². The third-order valence-electron chi connectivity index (χ3n) is 1.89. The standard InChI is InChI=1S/C8H8BF3NO2.K/c1-5-4-13-7(8(14)15-2)3-6(5)9(10,11)12;/h3-4H,1-2H3;/q-1;+1. The SMILES string of the molecule is COC(=O)c1cc([B-](F)(F)F)c(C)cn1.[K+]. The molecule has 0 spiro atoms. The van der Waals surface area contributed by atoms with Crippen LogP contribution in [0.25, 0.3) is 0 Å². The van der Waals surface area contributed by atoms with Gasteiger partial charge in [-0.15, -0.1) is 5.46 Å². The number of pyridine rings is 1. The maximum atomic E-state index is 12.5. The quantitative estimate of drug-likeness (QED) is 0.465. The number of carbonyl (C=O) groups excluding carboxylic acids is 1. The van der Waals surface area contributed by atoms with Crippen LogP contribution in [0.15, 0.2) is 12.3 Å². The van der Waals surface area contributed by atoms with Crippen LogP contribution in [0.3, 0.4) is 0 Å². The minimum Gasteiger partial charge on any atom is -0.464 e. The second-order valence-electron chi connectivity index (χ2n) is 2.99. The molecule has 16 heavy (non-hydrogen) atoms. The fourth-order valence-electron chi connectivity index (χ4n) is 1.11. The van der Waals surface area contributed by atoms with Gasteiger partial charge in [0.15, 0.2) is 0 Å². The van der Waals surface area contributed by atoms with Crippen LogP contribution < -0.4 is 56.8 Å². The number of aromatic nitrogens is 1. The molecule has 0 aliphatic rings. The molecule has 0 saturated heterocycles. The Morgan fingerprint density at radius 3 is 2.44 bits per heavy atom. The van der Waals surface area contributed by atoms with Gasteiger partial charge in [0.25, 0.3) is 0 Å². The maximum Gasteiger partial charge on any atom is 1.00 e. The Labute approximate surface area is 133 Å². The van der Waals surface area contributed by atoms with Crippen molar-refractivity contribution in [3.05, 3.63) is 23.5 Å². The zero-order chi connectivity index (χ0) is 11.6. The number of ether oxygens (including phenoxy) is 1. The van der Waals surface area contributed by atoms with Gasteiger partial charge in [-0.05, 0) is 6.92 Å². The zero-order valence-corrected chi connectivity index (χ0v) is 12.3. The number of methoxy groups -OCH3 is 1. The van der Waals surface area contributed by atoms with Crippen LogP contribution in [0, 0.1) is 6.92 Å². The Kier molecular flexibility index (Phi) is 6.20. The van der Waals surface area contributed by atoms with E-state index in [-0.39, 0.29) is 62.6 Å². The average molecular weight is 257 g/mol. The monoisotopic (exact) mass is 257 g/mol. The molecule has 0 aromatic carbocycles. The summed E-state index contributed by atoms with van der Waals surface area (Å²) in [6.07, 6.45) is 1.01. The summed E-state index contributed by atoms with van der Waals surface area (Å²) in [5.74, 6) is -0.878. The first-order valence-corrected chi connectivity index (χ1v) is 4.11. The summed E-state index contributed by atoms with van der Waals surface area (Å²) < 4.78 is 41.7. The van der Waals surface area contributed by atoms with Crippen LogP contribution in [0.2, 0.25) is 0 Å². The summed E-state index contributed by atoms with van der Waals surface area (Å²) in [5.41, 5.74) is -1.15. The van der Waals surface area contributed by atoms with Crippen LogP contribution in [0.1, 0.15) is 16.1 Å². The predicted octanol–water partition coefficient (Wildman–Crippen LogP) is -1.76. The molecular formula is C8H8BF3KNO2. The number of halogens is 3. The van der Waals surface area contributed by atoms with Crippen LogP contribution in [0.5, 0.6) is 0 Å². The normalized spacial score (nSPS) is 10.6. The second kappa shape index (κ2) is 6.15. The number of carbonyl (C=O) groups is 1. The zero-order valence-electron chi connectivity index (χ0n) is 9.13. The molecule has 0 bridgehead atoms. The molecule has 8 heteroatoms. The van der Waals surface area contributed by atoms with E-state index in [1.165, 1.54) is 6.92 Å². The molecule has 1 aromatic heterocycles. The minimum atomic E-state index is -5.13. The van der Waals surface area contributed by atoms with Gasteiger partial charge >= 0.3 is 64.3 Å². The van der Waals surface area contributed by atoms with Crippen molar-refractivity contribution in [3.8, 4) is 0 Å². The van der Waals surface area contributed by atoms with Crippen molar-refractivity contribution in [2.75, 3.05) is 7.11 Å². The first-order chi connectivity index (χ1) is 6.86. The number of hydrogen-bond donors (Lipinski definition) is 0. The Morgan fingerprint density at radius 1 is 1.44 bits per heavy atom. The number of rotatable bonds is 2. The van der Waals surface area contributed by atoms with Crippen molar-refractivity contribution in [1.29, 1.82) is 0 Å². The van der Waals surface area contributed by atoms with E-state index < -0.39 is 18.4 Å². The fourth-order valence-corrected chi connectivity index (χ4v) is 1.11. The Bertz CT molecular complexity index is 397. The first-order valence-electron chi connectivity index (χ1n) is 4.11. The molecule has 3 nitrogen and oxygen atoms in total. The van der Waals surface area contributed by atoms with E-state index in [2.05, 4.69) is 9.72 Å². The van der Waals surface area contributed by atoms with Crippen LogP contribution >= 0.6 is 0 Å². The molecule has 0 unspecified atom stereocenters. The molecule has 1 heterocycles. The van der Waals surface area contributed by atoms with E-state index in [9.17, 15) is 17.7 Å². The second-order valence-corrected chi connectivity index (χ2v) is 2.99. The molecule has 1 aromatic rings. The van der Waals surface area contributed by atoms with Crippen molar-refractivity contribution in [2.45, 2.75) is 6.92 Å². The van der Waals surface area contributed by atoms with Crippen molar-refractivity contribution in [1.82, 2.24) is 4.98 Å². The van der Waals surface area contributed by atoms with E-state index in [1.54, 1.807) is 0 Å². The largest absolute Gasteiger partial charge is 1.00 e. The summed E-state index contributed by atoms with van der Waals surface area (Å²) in [4.78, 5) is 14.5. The molecule has 0 fully saturated rings. The summed E-state index contributed by atoms with van der Waals surface area (Å²) in [5, 5.41) is 0. The van der Waals surface area contributed by atoms with Crippen molar-refractivity contribution < 1.29 is 73.9 Å². The van der Waals surface area contributed by atoms with Gasteiger partial charge in [0.05, 0.1) is 7.11 Å². The van der Waals surface area contributed by atoms with Crippen LogP contribution in [0.4, 0.5) is 12.9 Å². The molecule has 0 aliphatic heterocycles. The van der Waals surface area contributed by atoms with E-state index in [0.717, 1.165) is 13.3 Å². The van der Waals surface area contributed by atoms with Gasteiger partial charge in [-0.25, -0.2) is 9.78 Å². The number of aryl methyl sites for hydroxylation is 1. The predicted molar refractivity (Wildman–Crippen MR) is 49.0 cm³/mol. The van der Waals surface area contributed by atoms with Gasteiger partial charge in [-0.2, -0.15) is 0 Å². The van der Waals surface area contributed by atoms with Crippen LogP contribution in [-0.4, -0.2) is 25.0 Å². The van der Waals surface area contributed by atoms with E-state index in [4.69, 9.17) is 0 Å². The van der Waals surface area contributed by atoms with Crippen molar-refractivity contribution in [2.24, 2.45) is 0 Å². The van der Waals surface area contributed by atoms with Gasteiger partial charge < -0.3 is 17.7 Å². The number of esters is 1. The third-order valence-corrected chi connectivity index (χ3v) is 1.89. The van der Waals surface area contributed by atoms with Crippen molar-refractivity contribution >= 4 is 18.4 Å². The van der Waals surface area contributed by atoms with Crippen molar-refractivity contribution in [3.63, 3.8) is 0 Å². The number of hydrogen-bond acceptors (Lipinski definition) is 3. The van der Waals surface area contributed by atoms with Gasteiger partial charge in [0.2, 0.25) is 0 Å². The van der Waals surface area contributed by atoms with Crippen LogP contribution in [-0.2, 0) is 4.74 Å². The number of nitrogens with zero attached hydrogens (tertiary/aromatic N) is 1. The fraction of sp³-hybridized carbons (Fsp3) is 0.250. The molecule has 0 N–H and O–H groups in total. The molecule has 0 radical (unpaired) electrons. The van der Waals surface area contributed by atoms with Gasteiger partial charge in [0, 0.05) is 6.20 Å². The Hall–Kier alpha value is 0.111.